The van der Waals surface area contributed by atoms with Gasteiger partial charge in [0, 0.05) is 11.0 Å². The third-order valence-corrected chi connectivity index (χ3v) is 7.86. The highest BCUT2D eigenvalue weighted by atomic mass is 32.2. The van der Waals surface area contributed by atoms with Crippen LogP contribution in [0.3, 0.4) is 0 Å². The second-order valence-corrected chi connectivity index (χ2v) is 11.0. The minimum atomic E-state index is -4.01. The van der Waals surface area contributed by atoms with Crippen molar-refractivity contribution in [3.63, 3.8) is 0 Å². The number of ether oxygens (including phenoxy) is 1. The summed E-state index contributed by atoms with van der Waals surface area (Å²) in [5, 5.41) is 20.1. The van der Waals surface area contributed by atoms with Crippen molar-refractivity contribution in [2.45, 2.75) is 54.6 Å². The highest BCUT2D eigenvalue weighted by molar-refractivity contribution is 7.99. The molecule has 0 fully saturated rings. The Morgan fingerprint density at radius 3 is 2.35 bits per heavy atom. The van der Waals surface area contributed by atoms with Crippen molar-refractivity contribution < 1.29 is 28.2 Å². The molecule has 6 nitrogen and oxygen atoms in total. The Kier molecular flexibility index (Phi) is 9.40. The van der Waals surface area contributed by atoms with Gasteiger partial charge in [-0.3, -0.25) is 0 Å². The van der Waals surface area contributed by atoms with Gasteiger partial charge in [-0.25, -0.2) is 13.2 Å². The maximum absolute atomic E-state index is 12.8. The van der Waals surface area contributed by atoms with Gasteiger partial charge in [0.1, 0.15) is 5.75 Å². The molecule has 0 aliphatic carbocycles. The Bertz CT molecular complexity index is 928. The SMILES string of the molecule is CCCCOc1ccc(S(=O)(=O)CC(O)(CC(C)SCc2ccccc2)C(=O)O)cc1. The molecule has 8 heteroatoms. The van der Waals surface area contributed by atoms with Crippen molar-refractivity contribution in [1.82, 2.24) is 0 Å². The van der Waals surface area contributed by atoms with E-state index in [0.717, 1.165) is 18.4 Å². The molecule has 0 spiro atoms. The molecule has 0 heterocycles. The van der Waals surface area contributed by atoms with E-state index in [4.69, 9.17) is 4.74 Å². The normalized spacial score (nSPS) is 14.5. The molecule has 2 unspecified atom stereocenters. The molecule has 31 heavy (non-hydrogen) atoms. The molecule has 0 amide bonds. The Hall–Kier alpha value is -2.03. The number of unbranched alkanes of at least 4 members (excludes halogenated alkanes) is 1. The van der Waals surface area contributed by atoms with E-state index in [0.29, 0.717) is 18.1 Å². The van der Waals surface area contributed by atoms with Crippen LogP contribution in [0.4, 0.5) is 0 Å². The summed E-state index contributed by atoms with van der Waals surface area (Å²) in [5.74, 6) is -1.24. The Labute approximate surface area is 188 Å². The predicted molar refractivity (Wildman–Crippen MR) is 123 cm³/mol. The van der Waals surface area contributed by atoms with Gasteiger partial charge in [-0.2, -0.15) is 11.8 Å². The number of carbonyl (C=O) groups is 1. The molecule has 2 atom stereocenters. The van der Waals surface area contributed by atoms with E-state index in [1.807, 2.05) is 37.3 Å². The summed E-state index contributed by atoms with van der Waals surface area (Å²) in [6, 6.07) is 15.5. The summed E-state index contributed by atoms with van der Waals surface area (Å²) in [7, 11) is -4.01. The lowest BCUT2D eigenvalue weighted by Crippen LogP contribution is -2.46. The third kappa shape index (κ3) is 7.87. The second-order valence-electron chi connectivity index (χ2n) is 7.58. The maximum atomic E-state index is 12.8. The topological polar surface area (TPSA) is 101 Å². The van der Waals surface area contributed by atoms with Crippen LogP contribution in [0, 0.1) is 0 Å². The van der Waals surface area contributed by atoms with Crippen molar-refractivity contribution in [3.8, 4) is 5.75 Å². The first-order valence-electron chi connectivity index (χ1n) is 10.2. The van der Waals surface area contributed by atoms with Gasteiger partial charge in [-0.15, -0.1) is 0 Å². The lowest BCUT2D eigenvalue weighted by molar-refractivity contribution is -0.156. The molecule has 2 aromatic carbocycles. The highest BCUT2D eigenvalue weighted by Crippen LogP contribution is 2.28. The number of rotatable bonds is 13. The average Bonchev–Trinajstić information content (AvgIpc) is 2.73. The Morgan fingerprint density at radius 2 is 1.77 bits per heavy atom. The number of hydrogen-bond donors (Lipinski definition) is 2. The monoisotopic (exact) mass is 466 g/mol. The third-order valence-electron chi connectivity index (χ3n) is 4.78. The molecule has 0 bridgehead atoms. The maximum Gasteiger partial charge on any atom is 0.336 e. The minimum absolute atomic E-state index is 0.0420. The quantitative estimate of drug-likeness (QED) is 0.427. The van der Waals surface area contributed by atoms with Crippen LogP contribution in [-0.2, 0) is 20.4 Å². The number of aliphatic hydroxyl groups is 1. The van der Waals surface area contributed by atoms with Gasteiger partial charge in [-0.1, -0.05) is 50.6 Å². The minimum Gasteiger partial charge on any atom is -0.494 e. The van der Waals surface area contributed by atoms with E-state index in [1.165, 1.54) is 23.9 Å². The molecule has 0 aliphatic rings. The van der Waals surface area contributed by atoms with E-state index in [-0.39, 0.29) is 16.6 Å². The zero-order chi connectivity index (χ0) is 22.9. The van der Waals surface area contributed by atoms with Gasteiger partial charge in [0.15, 0.2) is 15.4 Å². The predicted octanol–water partition coefficient (Wildman–Crippen LogP) is 4.17. The van der Waals surface area contributed by atoms with Crippen LogP contribution in [0.5, 0.6) is 5.75 Å². The average molecular weight is 467 g/mol. The van der Waals surface area contributed by atoms with E-state index in [2.05, 4.69) is 0 Å². The fourth-order valence-corrected chi connectivity index (χ4v) is 5.68. The van der Waals surface area contributed by atoms with Crippen LogP contribution in [0.2, 0.25) is 0 Å². The highest BCUT2D eigenvalue weighted by Gasteiger charge is 2.42. The summed E-state index contributed by atoms with van der Waals surface area (Å²) in [6.45, 7) is 4.38. The molecule has 2 rings (SSSR count). The van der Waals surface area contributed by atoms with Crippen molar-refractivity contribution in [2.75, 3.05) is 12.4 Å². The standard InChI is InChI=1S/C23H30O6S2/c1-3-4-14-29-20-10-12-21(13-11-20)31(27,28)17-23(26,22(24)25)15-18(2)30-16-19-8-6-5-7-9-19/h5-13,18,26H,3-4,14-17H2,1-2H3,(H,24,25). The Morgan fingerprint density at radius 1 is 1.13 bits per heavy atom. The van der Waals surface area contributed by atoms with Crippen molar-refractivity contribution in [2.24, 2.45) is 0 Å². The Balaban J connectivity index is 2.04. The molecule has 0 aromatic heterocycles. The first kappa shape index (κ1) is 25.2. The van der Waals surface area contributed by atoms with Crippen LogP contribution >= 0.6 is 11.8 Å². The first-order valence-corrected chi connectivity index (χ1v) is 12.9. The summed E-state index contributed by atoms with van der Waals surface area (Å²) in [5.41, 5.74) is -1.30. The summed E-state index contributed by atoms with van der Waals surface area (Å²) < 4.78 is 31.2. The zero-order valence-electron chi connectivity index (χ0n) is 17.9. The van der Waals surface area contributed by atoms with Crippen LogP contribution in [-0.4, -0.2) is 47.8 Å². The molecular weight excluding hydrogens is 436 g/mol. The molecule has 2 N–H and O–H groups in total. The van der Waals surface area contributed by atoms with Crippen molar-refractivity contribution in [1.29, 1.82) is 0 Å². The molecule has 0 saturated carbocycles. The number of aliphatic carboxylic acids is 1. The van der Waals surface area contributed by atoms with Crippen LogP contribution in [0.15, 0.2) is 59.5 Å². The van der Waals surface area contributed by atoms with Gasteiger partial charge in [0.05, 0.1) is 17.3 Å². The van der Waals surface area contributed by atoms with Gasteiger partial charge < -0.3 is 14.9 Å². The van der Waals surface area contributed by atoms with E-state index in [9.17, 15) is 23.4 Å². The largest absolute Gasteiger partial charge is 0.494 e. The van der Waals surface area contributed by atoms with Gasteiger partial charge in [0.25, 0.3) is 0 Å². The second kappa shape index (κ2) is 11.5. The lowest BCUT2D eigenvalue weighted by atomic mass is 10.0. The zero-order valence-corrected chi connectivity index (χ0v) is 19.5. The summed E-state index contributed by atoms with van der Waals surface area (Å²) in [6.07, 6.45) is 1.70. The molecular formula is C23H30O6S2. The molecule has 2 aromatic rings. The van der Waals surface area contributed by atoms with Gasteiger partial charge >= 0.3 is 5.97 Å². The summed E-state index contributed by atoms with van der Waals surface area (Å²) in [4.78, 5) is 11.8. The van der Waals surface area contributed by atoms with Gasteiger partial charge in [-0.05, 0) is 42.7 Å². The number of carboxylic acids is 1. The fourth-order valence-electron chi connectivity index (χ4n) is 3.03. The van der Waals surface area contributed by atoms with Crippen LogP contribution in [0.1, 0.15) is 38.7 Å². The van der Waals surface area contributed by atoms with Crippen LogP contribution < -0.4 is 4.74 Å². The first-order chi connectivity index (χ1) is 14.7. The summed E-state index contributed by atoms with van der Waals surface area (Å²) >= 11 is 1.47. The van der Waals surface area contributed by atoms with E-state index in [1.54, 1.807) is 19.1 Å². The number of carboxylic acid groups (broad SMARTS) is 1. The van der Waals surface area contributed by atoms with E-state index >= 15 is 0 Å². The smallest absolute Gasteiger partial charge is 0.336 e. The molecule has 170 valence electrons. The van der Waals surface area contributed by atoms with Crippen LogP contribution in [0.25, 0.3) is 0 Å². The van der Waals surface area contributed by atoms with Crippen molar-refractivity contribution >= 4 is 27.6 Å². The lowest BCUT2D eigenvalue weighted by Gasteiger charge is -2.26. The van der Waals surface area contributed by atoms with Crippen molar-refractivity contribution in [3.05, 3.63) is 60.2 Å². The molecule has 0 saturated heterocycles. The molecule has 0 aliphatic heterocycles. The number of sulfone groups is 1. The number of benzene rings is 2. The fraction of sp³-hybridized carbons (Fsp3) is 0.435. The molecule has 0 radical (unpaired) electrons. The number of thioether (sulfide) groups is 1. The number of hydrogen-bond acceptors (Lipinski definition) is 6. The van der Waals surface area contributed by atoms with E-state index < -0.39 is 27.2 Å². The van der Waals surface area contributed by atoms with Gasteiger partial charge in [0.2, 0.25) is 0 Å².